The lowest BCUT2D eigenvalue weighted by Crippen LogP contribution is -2.00. The summed E-state index contributed by atoms with van der Waals surface area (Å²) in [7, 11) is 0. The summed E-state index contributed by atoms with van der Waals surface area (Å²) < 4.78 is 51.3. The zero-order chi connectivity index (χ0) is 15.1. The van der Waals surface area contributed by atoms with Crippen LogP contribution in [-0.2, 0) is 0 Å². The highest BCUT2D eigenvalue weighted by Crippen LogP contribution is 2.41. The van der Waals surface area contributed by atoms with Crippen molar-refractivity contribution in [2.75, 3.05) is 0 Å². The predicted octanol–water partition coefficient (Wildman–Crippen LogP) is 5.69. The van der Waals surface area contributed by atoms with Gasteiger partial charge in [0.15, 0.2) is 0 Å². The van der Waals surface area contributed by atoms with Crippen molar-refractivity contribution in [1.29, 1.82) is 0 Å². The summed E-state index contributed by atoms with van der Waals surface area (Å²) in [6.07, 6.45) is 1.11. The third-order valence-corrected chi connectivity index (χ3v) is 4.43. The van der Waals surface area contributed by atoms with E-state index in [1.54, 1.807) is 0 Å². The van der Waals surface area contributed by atoms with Crippen molar-refractivity contribution < 1.29 is 17.6 Å². The van der Waals surface area contributed by atoms with Gasteiger partial charge < -0.3 is 0 Å². The summed E-state index contributed by atoms with van der Waals surface area (Å²) in [6, 6.07) is 2.01. The number of aromatic nitrogens is 2. The van der Waals surface area contributed by atoms with Gasteiger partial charge in [0.05, 0.1) is 15.7 Å². The molecule has 0 N–H and O–H groups in total. The molecule has 20 heavy (non-hydrogen) atoms. The first-order valence-electron chi connectivity index (χ1n) is 4.82. The molecule has 0 aliphatic carbocycles. The molecule has 0 bridgehead atoms. The van der Waals surface area contributed by atoms with Crippen LogP contribution in [0.4, 0.5) is 17.6 Å². The highest BCUT2D eigenvalue weighted by atomic mass is 79.9. The largest absolute Gasteiger partial charge is 0.447 e. The Labute approximate surface area is 133 Å². The van der Waals surface area contributed by atoms with Crippen LogP contribution in [0.2, 0.25) is 10.0 Å². The van der Waals surface area contributed by atoms with Crippen LogP contribution in [0, 0.1) is 5.82 Å². The monoisotopic (exact) mass is 408 g/mol. The Morgan fingerprint density at radius 2 is 1.75 bits per heavy atom. The Hall–Kier alpha value is -0.440. The van der Waals surface area contributed by atoms with E-state index in [1.165, 1.54) is 4.57 Å². The van der Waals surface area contributed by atoms with Crippen molar-refractivity contribution in [3.63, 3.8) is 0 Å². The Morgan fingerprint density at radius 1 is 1.20 bits per heavy atom. The van der Waals surface area contributed by atoms with Crippen molar-refractivity contribution in [1.82, 2.24) is 9.55 Å². The van der Waals surface area contributed by atoms with Gasteiger partial charge in [0.25, 0.3) is 0 Å². The van der Waals surface area contributed by atoms with Crippen LogP contribution >= 0.6 is 50.9 Å². The van der Waals surface area contributed by atoms with Gasteiger partial charge >= 0.3 is 5.51 Å². The van der Waals surface area contributed by atoms with Crippen LogP contribution in [0.3, 0.4) is 0 Å². The standard InChI is InChI=1S/C10H3BrCl2F4N2S/c11-8-9(20-10(15,16)17)18-3-19(8)7-5(12)1-4(14)2-6(7)13/h1-3H. The third kappa shape index (κ3) is 3.41. The average Bonchev–Trinajstić information content (AvgIpc) is 2.58. The molecule has 10 heteroatoms. The highest BCUT2D eigenvalue weighted by molar-refractivity contribution is 9.10. The molecule has 0 spiro atoms. The van der Waals surface area contributed by atoms with Gasteiger partial charge in [0, 0.05) is 11.8 Å². The minimum Gasteiger partial charge on any atom is -0.289 e. The summed E-state index contributed by atoms with van der Waals surface area (Å²) in [5, 5.41) is -0.387. The first-order valence-corrected chi connectivity index (χ1v) is 7.19. The van der Waals surface area contributed by atoms with Gasteiger partial charge in [-0.1, -0.05) is 23.2 Å². The molecule has 0 aliphatic heterocycles. The van der Waals surface area contributed by atoms with Crippen molar-refractivity contribution in [2.24, 2.45) is 0 Å². The second kappa shape index (κ2) is 5.75. The van der Waals surface area contributed by atoms with Crippen LogP contribution in [0.5, 0.6) is 0 Å². The SMILES string of the molecule is Fc1cc(Cl)c(-n2cnc(SC(F)(F)F)c2Br)c(Cl)c1. The van der Waals surface area contributed by atoms with Gasteiger partial charge in [-0.15, -0.1) is 0 Å². The van der Waals surface area contributed by atoms with E-state index in [2.05, 4.69) is 20.9 Å². The number of hydrogen-bond acceptors (Lipinski definition) is 2. The Morgan fingerprint density at radius 3 is 2.25 bits per heavy atom. The molecule has 1 aromatic carbocycles. The van der Waals surface area contributed by atoms with E-state index >= 15 is 0 Å². The van der Waals surface area contributed by atoms with Gasteiger partial charge in [-0.2, -0.15) is 13.2 Å². The maximum atomic E-state index is 13.1. The Bertz CT molecular complexity index is 636. The lowest BCUT2D eigenvalue weighted by molar-refractivity contribution is -0.0329. The quantitative estimate of drug-likeness (QED) is 0.468. The molecule has 2 rings (SSSR count). The van der Waals surface area contributed by atoms with E-state index in [9.17, 15) is 17.6 Å². The molecule has 0 amide bonds. The second-order valence-corrected chi connectivity index (χ2v) is 6.10. The number of alkyl halides is 3. The molecule has 0 saturated carbocycles. The first-order chi connectivity index (χ1) is 9.19. The summed E-state index contributed by atoms with van der Waals surface area (Å²) >= 11 is 14.3. The number of nitrogens with zero attached hydrogens (tertiary/aromatic N) is 2. The van der Waals surface area contributed by atoms with E-state index in [0.29, 0.717) is 0 Å². The molecule has 108 valence electrons. The lowest BCUT2D eigenvalue weighted by atomic mass is 10.3. The molecule has 0 saturated heterocycles. The van der Waals surface area contributed by atoms with Crippen molar-refractivity contribution >= 4 is 50.9 Å². The normalized spacial score (nSPS) is 11.9. The zero-order valence-corrected chi connectivity index (χ0v) is 13.1. The topological polar surface area (TPSA) is 17.8 Å². The molecule has 0 unspecified atom stereocenters. The van der Waals surface area contributed by atoms with Crippen LogP contribution in [0.15, 0.2) is 28.1 Å². The molecule has 0 fully saturated rings. The van der Waals surface area contributed by atoms with Gasteiger partial charge in [-0.3, -0.25) is 4.57 Å². The molecule has 0 radical (unpaired) electrons. The number of benzene rings is 1. The lowest BCUT2D eigenvalue weighted by Gasteiger charge is -2.10. The van der Waals surface area contributed by atoms with E-state index in [-0.39, 0.29) is 37.1 Å². The fourth-order valence-corrected chi connectivity index (χ4v) is 3.17. The van der Waals surface area contributed by atoms with Crippen molar-refractivity contribution in [3.8, 4) is 5.69 Å². The number of imidazole rings is 1. The molecule has 2 aromatic rings. The molecule has 0 atom stereocenters. The summed E-state index contributed by atoms with van der Waals surface area (Å²) in [4.78, 5) is 3.63. The van der Waals surface area contributed by atoms with Crippen LogP contribution in [0.25, 0.3) is 5.69 Å². The predicted molar refractivity (Wildman–Crippen MR) is 73.2 cm³/mol. The van der Waals surface area contributed by atoms with Crippen molar-refractivity contribution in [3.05, 3.63) is 38.9 Å². The van der Waals surface area contributed by atoms with Crippen LogP contribution in [-0.4, -0.2) is 15.1 Å². The molecular formula is C10H3BrCl2F4N2S. The second-order valence-electron chi connectivity index (χ2n) is 3.48. The number of rotatable bonds is 2. The average molecular weight is 410 g/mol. The summed E-state index contributed by atoms with van der Waals surface area (Å²) in [6.45, 7) is 0. The van der Waals surface area contributed by atoms with Gasteiger partial charge in [0.2, 0.25) is 0 Å². The fourth-order valence-electron chi connectivity index (χ4n) is 1.42. The molecule has 0 aliphatic rings. The molecule has 1 aromatic heterocycles. The Balaban J connectivity index is 2.50. The van der Waals surface area contributed by atoms with Gasteiger partial charge in [-0.25, -0.2) is 9.37 Å². The summed E-state index contributed by atoms with van der Waals surface area (Å²) in [5.41, 5.74) is -4.33. The van der Waals surface area contributed by atoms with Crippen LogP contribution < -0.4 is 0 Å². The molecule has 2 nitrogen and oxygen atoms in total. The Kier molecular flexibility index (Phi) is 4.58. The molecular weight excluding hydrogens is 407 g/mol. The van der Waals surface area contributed by atoms with Gasteiger partial charge in [-0.05, 0) is 28.1 Å². The minimum absolute atomic E-state index is 0.0234. The van der Waals surface area contributed by atoms with Crippen LogP contribution in [0.1, 0.15) is 0 Å². The number of thioether (sulfide) groups is 1. The fraction of sp³-hybridized carbons (Fsp3) is 0.100. The smallest absolute Gasteiger partial charge is 0.289 e. The summed E-state index contributed by atoms with van der Waals surface area (Å²) in [5.74, 6) is -0.648. The van der Waals surface area contributed by atoms with E-state index in [0.717, 1.165) is 18.5 Å². The van der Waals surface area contributed by atoms with E-state index in [4.69, 9.17) is 23.2 Å². The first kappa shape index (κ1) is 15.9. The third-order valence-electron chi connectivity index (χ3n) is 2.11. The maximum Gasteiger partial charge on any atom is 0.447 e. The minimum atomic E-state index is -4.47. The van der Waals surface area contributed by atoms with E-state index in [1.807, 2.05) is 0 Å². The number of hydrogen-bond donors (Lipinski definition) is 0. The highest BCUT2D eigenvalue weighted by Gasteiger charge is 2.32. The maximum absolute atomic E-state index is 13.1. The van der Waals surface area contributed by atoms with Gasteiger partial charge in [0.1, 0.15) is 21.8 Å². The number of halogens is 7. The van der Waals surface area contributed by atoms with E-state index < -0.39 is 11.3 Å². The molecule has 1 heterocycles. The zero-order valence-electron chi connectivity index (χ0n) is 9.18. The van der Waals surface area contributed by atoms with Crippen molar-refractivity contribution in [2.45, 2.75) is 10.5 Å².